The van der Waals surface area contributed by atoms with Gasteiger partial charge < -0.3 is 15.4 Å². The summed E-state index contributed by atoms with van der Waals surface area (Å²) in [6.45, 7) is 3.38. The summed E-state index contributed by atoms with van der Waals surface area (Å²) in [5.41, 5.74) is 4.59. The van der Waals surface area contributed by atoms with Crippen LogP contribution in [0.3, 0.4) is 0 Å². The molecule has 148 valence electrons. The zero-order chi connectivity index (χ0) is 20.1. The Bertz CT molecular complexity index is 982. The molecule has 0 bridgehead atoms. The third-order valence-corrected chi connectivity index (χ3v) is 4.90. The lowest BCUT2D eigenvalue weighted by atomic mass is 10.1. The van der Waals surface area contributed by atoms with Gasteiger partial charge in [-0.15, -0.1) is 0 Å². The van der Waals surface area contributed by atoms with Gasteiger partial charge in [-0.05, 0) is 43.5 Å². The van der Waals surface area contributed by atoms with E-state index in [4.69, 9.17) is 4.74 Å². The van der Waals surface area contributed by atoms with Crippen LogP contribution in [0, 0.1) is 6.92 Å². The van der Waals surface area contributed by atoms with E-state index in [-0.39, 0.29) is 12.0 Å². The summed E-state index contributed by atoms with van der Waals surface area (Å²) < 4.78 is 5.55. The molecule has 0 unspecified atom stereocenters. The number of nitrogens with zero attached hydrogens (tertiary/aromatic N) is 2. The number of benzene rings is 2. The number of aromatic nitrogens is 2. The Labute approximate surface area is 170 Å². The molecular formula is C23H24N4O2. The Morgan fingerprint density at radius 2 is 1.93 bits per heavy atom. The minimum Gasteiger partial charge on any atom is -0.376 e. The third-order valence-electron chi connectivity index (χ3n) is 4.90. The van der Waals surface area contributed by atoms with E-state index in [2.05, 4.69) is 39.7 Å². The predicted octanol–water partition coefficient (Wildman–Crippen LogP) is 4.10. The van der Waals surface area contributed by atoms with Crippen LogP contribution in [0.4, 0.5) is 11.6 Å². The molecule has 2 N–H and O–H groups in total. The highest BCUT2D eigenvalue weighted by molar-refractivity contribution is 5.95. The second-order valence-corrected chi connectivity index (χ2v) is 7.22. The number of anilines is 2. The van der Waals surface area contributed by atoms with E-state index in [0.29, 0.717) is 18.1 Å². The standard InChI is InChI=1S/C23H24N4O2/c1-16-5-2-6-17(11-16)19-13-25-23(26-14-19)27-20-8-3-7-18(12-20)22(28)24-15-21-9-4-10-29-21/h2-3,5-8,11-14,21H,4,9-10,15H2,1H3,(H,24,28)(H,25,26,27)/t21-/m0/s1. The van der Waals surface area contributed by atoms with Crippen LogP contribution < -0.4 is 10.6 Å². The maximum absolute atomic E-state index is 12.4. The molecule has 29 heavy (non-hydrogen) atoms. The minimum absolute atomic E-state index is 0.111. The Morgan fingerprint density at radius 3 is 2.69 bits per heavy atom. The van der Waals surface area contributed by atoms with Crippen LogP contribution in [0.25, 0.3) is 11.1 Å². The fourth-order valence-corrected chi connectivity index (χ4v) is 3.35. The quantitative estimate of drug-likeness (QED) is 0.665. The summed E-state index contributed by atoms with van der Waals surface area (Å²) >= 11 is 0. The Kier molecular flexibility index (Phi) is 5.81. The Balaban J connectivity index is 1.40. The van der Waals surface area contributed by atoms with E-state index in [1.807, 2.05) is 24.3 Å². The zero-order valence-electron chi connectivity index (χ0n) is 16.4. The maximum atomic E-state index is 12.4. The molecule has 0 radical (unpaired) electrons. The van der Waals surface area contributed by atoms with Gasteiger partial charge in [0.15, 0.2) is 0 Å². The summed E-state index contributed by atoms with van der Waals surface area (Å²) in [5.74, 6) is 0.373. The van der Waals surface area contributed by atoms with Crippen molar-refractivity contribution in [3.05, 3.63) is 72.1 Å². The number of amides is 1. The molecule has 0 aliphatic carbocycles. The van der Waals surface area contributed by atoms with Crippen molar-refractivity contribution in [3.8, 4) is 11.1 Å². The Hall–Kier alpha value is -3.25. The number of carbonyl (C=O) groups excluding carboxylic acids is 1. The van der Waals surface area contributed by atoms with Crippen molar-refractivity contribution in [3.63, 3.8) is 0 Å². The average molecular weight is 388 g/mol. The molecule has 1 aliphatic heterocycles. The smallest absolute Gasteiger partial charge is 0.251 e. The van der Waals surface area contributed by atoms with Crippen molar-refractivity contribution in [2.75, 3.05) is 18.5 Å². The second-order valence-electron chi connectivity index (χ2n) is 7.22. The first-order valence-electron chi connectivity index (χ1n) is 9.83. The van der Waals surface area contributed by atoms with Crippen molar-refractivity contribution >= 4 is 17.5 Å². The molecular weight excluding hydrogens is 364 g/mol. The summed E-state index contributed by atoms with van der Waals surface area (Å²) in [6, 6.07) is 15.5. The molecule has 1 amide bonds. The number of nitrogens with one attached hydrogen (secondary N) is 2. The van der Waals surface area contributed by atoms with Gasteiger partial charge in [0.25, 0.3) is 5.91 Å². The lowest BCUT2D eigenvalue weighted by molar-refractivity contribution is 0.0858. The minimum atomic E-state index is -0.111. The fourth-order valence-electron chi connectivity index (χ4n) is 3.35. The molecule has 6 nitrogen and oxygen atoms in total. The molecule has 3 aromatic rings. The molecule has 0 spiro atoms. The number of hydrogen-bond donors (Lipinski definition) is 2. The molecule has 1 atom stereocenters. The first kappa shape index (κ1) is 19.1. The van der Waals surface area contributed by atoms with E-state index in [1.54, 1.807) is 24.5 Å². The van der Waals surface area contributed by atoms with Gasteiger partial charge in [-0.2, -0.15) is 0 Å². The van der Waals surface area contributed by atoms with Crippen molar-refractivity contribution in [1.29, 1.82) is 0 Å². The summed E-state index contributed by atoms with van der Waals surface area (Å²) in [7, 11) is 0. The lowest BCUT2D eigenvalue weighted by Gasteiger charge is -2.11. The molecule has 1 fully saturated rings. The first-order valence-corrected chi connectivity index (χ1v) is 9.83. The van der Waals surface area contributed by atoms with Gasteiger partial charge in [0.2, 0.25) is 5.95 Å². The zero-order valence-corrected chi connectivity index (χ0v) is 16.4. The largest absolute Gasteiger partial charge is 0.376 e. The van der Waals surface area contributed by atoms with Gasteiger partial charge in [0.05, 0.1) is 6.10 Å². The van der Waals surface area contributed by atoms with E-state index in [9.17, 15) is 4.79 Å². The fraction of sp³-hybridized carbons (Fsp3) is 0.261. The van der Waals surface area contributed by atoms with Gasteiger partial charge in [0, 0.05) is 42.4 Å². The maximum Gasteiger partial charge on any atom is 0.251 e. The van der Waals surface area contributed by atoms with Crippen molar-refractivity contribution in [1.82, 2.24) is 15.3 Å². The van der Waals surface area contributed by atoms with Crippen LogP contribution in [0.15, 0.2) is 60.9 Å². The number of aryl methyl sites for hydroxylation is 1. The molecule has 6 heteroatoms. The van der Waals surface area contributed by atoms with E-state index >= 15 is 0 Å². The van der Waals surface area contributed by atoms with E-state index in [0.717, 1.165) is 36.3 Å². The first-order chi connectivity index (χ1) is 14.2. The molecule has 1 aromatic heterocycles. The molecule has 0 saturated carbocycles. The van der Waals surface area contributed by atoms with Gasteiger partial charge in [-0.25, -0.2) is 9.97 Å². The van der Waals surface area contributed by atoms with Gasteiger partial charge in [-0.1, -0.05) is 35.9 Å². The number of hydrogen-bond acceptors (Lipinski definition) is 5. The summed E-state index contributed by atoms with van der Waals surface area (Å²) in [4.78, 5) is 21.2. The molecule has 2 aromatic carbocycles. The summed E-state index contributed by atoms with van der Waals surface area (Å²) in [5, 5.41) is 6.10. The highest BCUT2D eigenvalue weighted by Gasteiger charge is 2.16. The lowest BCUT2D eigenvalue weighted by Crippen LogP contribution is -2.31. The number of carbonyl (C=O) groups is 1. The molecule has 1 saturated heterocycles. The highest BCUT2D eigenvalue weighted by atomic mass is 16.5. The SMILES string of the molecule is Cc1cccc(-c2cnc(Nc3cccc(C(=O)NC[C@@H]4CCCO4)c3)nc2)c1. The highest BCUT2D eigenvalue weighted by Crippen LogP contribution is 2.21. The van der Waals surface area contributed by atoms with Crippen LogP contribution in [-0.4, -0.2) is 35.1 Å². The van der Waals surface area contributed by atoms with E-state index < -0.39 is 0 Å². The van der Waals surface area contributed by atoms with Crippen LogP contribution in [0.1, 0.15) is 28.8 Å². The van der Waals surface area contributed by atoms with Gasteiger partial charge >= 0.3 is 0 Å². The number of rotatable bonds is 6. The Morgan fingerprint density at radius 1 is 1.10 bits per heavy atom. The predicted molar refractivity (Wildman–Crippen MR) is 113 cm³/mol. The van der Waals surface area contributed by atoms with E-state index in [1.165, 1.54) is 5.56 Å². The second kappa shape index (κ2) is 8.84. The van der Waals surface area contributed by atoms with Crippen LogP contribution in [-0.2, 0) is 4.74 Å². The monoisotopic (exact) mass is 388 g/mol. The van der Waals surface area contributed by atoms with Gasteiger partial charge in [0.1, 0.15) is 0 Å². The third kappa shape index (κ3) is 4.97. The molecule has 2 heterocycles. The normalized spacial score (nSPS) is 15.8. The van der Waals surface area contributed by atoms with Crippen molar-refractivity contribution in [2.24, 2.45) is 0 Å². The van der Waals surface area contributed by atoms with Crippen LogP contribution in [0.2, 0.25) is 0 Å². The summed E-state index contributed by atoms with van der Waals surface area (Å²) in [6.07, 6.45) is 5.77. The van der Waals surface area contributed by atoms with Crippen LogP contribution in [0.5, 0.6) is 0 Å². The average Bonchev–Trinajstić information content (AvgIpc) is 3.26. The van der Waals surface area contributed by atoms with Crippen molar-refractivity contribution in [2.45, 2.75) is 25.9 Å². The topological polar surface area (TPSA) is 76.1 Å². The van der Waals surface area contributed by atoms with Gasteiger partial charge in [-0.3, -0.25) is 4.79 Å². The van der Waals surface area contributed by atoms with Crippen molar-refractivity contribution < 1.29 is 9.53 Å². The number of ether oxygens (including phenoxy) is 1. The molecule has 4 rings (SSSR count). The molecule has 1 aliphatic rings. The van der Waals surface area contributed by atoms with Crippen LogP contribution >= 0.6 is 0 Å².